The molecule has 8 heteroatoms. The van der Waals surface area contributed by atoms with Gasteiger partial charge in [-0.1, -0.05) is 11.6 Å². The van der Waals surface area contributed by atoms with E-state index in [2.05, 4.69) is 14.8 Å². The summed E-state index contributed by atoms with van der Waals surface area (Å²) < 4.78 is 42.4. The smallest absolute Gasteiger partial charge is 0.387 e. The zero-order chi connectivity index (χ0) is 11.9. The third-order valence-corrected chi connectivity index (χ3v) is 2.19. The van der Waals surface area contributed by atoms with E-state index in [4.69, 9.17) is 11.6 Å². The van der Waals surface area contributed by atoms with Gasteiger partial charge in [-0.25, -0.2) is 4.98 Å². The first-order valence-electron chi connectivity index (χ1n) is 4.12. The van der Waals surface area contributed by atoms with E-state index in [0.717, 1.165) is 10.7 Å². The van der Waals surface area contributed by atoms with Crippen molar-refractivity contribution in [3.8, 4) is 5.75 Å². The minimum Gasteiger partial charge on any atom is -0.431 e. The lowest BCUT2D eigenvalue weighted by molar-refractivity contribution is -0.0499. The maximum atomic E-state index is 13.1. The Hall–Kier alpha value is -1.50. The standard InChI is InChI=1S/C8H5ClF3N3O/c1-15-3-2-4(16-8(11)12)6(9)13-5(3)7(10)14-15/h2,8H,1H3. The van der Waals surface area contributed by atoms with Crippen molar-refractivity contribution in [2.24, 2.45) is 7.05 Å². The quantitative estimate of drug-likeness (QED) is 0.770. The average Bonchev–Trinajstić information content (AvgIpc) is 2.43. The zero-order valence-corrected chi connectivity index (χ0v) is 8.67. The van der Waals surface area contributed by atoms with Crippen LogP contribution in [0.4, 0.5) is 13.2 Å². The van der Waals surface area contributed by atoms with Crippen LogP contribution in [0.15, 0.2) is 6.07 Å². The van der Waals surface area contributed by atoms with Crippen LogP contribution in [0.5, 0.6) is 5.75 Å². The summed E-state index contributed by atoms with van der Waals surface area (Å²) in [4.78, 5) is 3.60. The molecule has 0 fully saturated rings. The highest BCUT2D eigenvalue weighted by Gasteiger charge is 2.16. The molecule has 0 spiro atoms. The zero-order valence-electron chi connectivity index (χ0n) is 7.92. The second kappa shape index (κ2) is 3.82. The number of aromatic nitrogens is 3. The van der Waals surface area contributed by atoms with Crippen molar-refractivity contribution >= 4 is 22.6 Å². The molecule has 2 heterocycles. The van der Waals surface area contributed by atoms with Crippen molar-refractivity contribution in [1.29, 1.82) is 0 Å². The number of rotatable bonds is 2. The summed E-state index contributed by atoms with van der Waals surface area (Å²) in [7, 11) is 1.45. The van der Waals surface area contributed by atoms with Crippen LogP contribution in [0.25, 0.3) is 11.0 Å². The SMILES string of the molecule is Cn1nc(F)c2nc(Cl)c(OC(F)F)cc21. The number of aryl methyl sites for hydroxylation is 1. The van der Waals surface area contributed by atoms with Gasteiger partial charge in [-0.05, 0) is 0 Å². The van der Waals surface area contributed by atoms with Gasteiger partial charge in [-0.15, -0.1) is 5.10 Å². The molecule has 0 atom stereocenters. The van der Waals surface area contributed by atoms with Gasteiger partial charge in [0.15, 0.2) is 10.9 Å². The lowest BCUT2D eigenvalue weighted by Gasteiger charge is -2.05. The van der Waals surface area contributed by atoms with E-state index in [9.17, 15) is 13.2 Å². The van der Waals surface area contributed by atoms with E-state index >= 15 is 0 Å². The van der Waals surface area contributed by atoms with Crippen molar-refractivity contribution in [3.05, 3.63) is 17.2 Å². The van der Waals surface area contributed by atoms with E-state index < -0.39 is 12.6 Å². The molecular weight excluding hydrogens is 247 g/mol. The molecule has 0 saturated carbocycles. The number of halogens is 4. The Morgan fingerprint density at radius 1 is 1.50 bits per heavy atom. The van der Waals surface area contributed by atoms with Crippen LogP contribution in [0.3, 0.4) is 0 Å². The fourth-order valence-corrected chi connectivity index (χ4v) is 1.46. The number of hydrogen-bond donors (Lipinski definition) is 0. The summed E-state index contributed by atoms with van der Waals surface area (Å²) in [6, 6.07) is 1.16. The normalized spacial score (nSPS) is 11.4. The molecule has 16 heavy (non-hydrogen) atoms. The van der Waals surface area contributed by atoms with E-state index in [-0.39, 0.29) is 21.9 Å². The van der Waals surface area contributed by atoms with E-state index in [0.29, 0.717) is 0 Å². The van der Waals surface area contributed by atoms with Crippen molar-refractivity contribution in [1.82, 2.24) is 14.8 Å². The third-order valence-electron chi connectivity index (χ3n) is 1.92. The van der Waals surface area contributed by atoms with E-state index in [1.807, 2.05) is 0 Å². The highest BCUT2D eigenvalue weighted by molar-refractivity contribution is 6.31. The molecule has 2 rings (SSSR count). The summed E-state index contributed by atoms with van der Waals surface area (Å²) >= 11 is 5.56. The Kier molecular flexibility index (Phi) is 2.63. The first-order chi connectivity index (χ1) is 7.49. The third kappa shape index (κ3) is 1.78. The van der Waals surface area contributed by atoms with Crippen LogP contribution in [-0.2, 0) is 7.05 Å². The van der Waals surface area contributed by atoms with E-state index in [1.54, 1.807) is 0 Å². The van der Waals surface area contributed by atoms with Crippen LogP contribution < -0.4 is 4.74 Å². The Balaban J connectivity index is 2.61. The number of alkyl halides is 2. The van der Waals surface area contributed by atoms with Crippen molar-refractivity contribution < 1.29 is 17.9 Å². The van der Waals surface area contributed by atoms with Crippen LogP contribution >= 0.6 is 11.6 Å². The lowest BCUT2D eigenvalue weighted by Crippen LogP contribution is -2.03. The number of nitrogens with zero attached hydrogens (tertiary/aromatic N) is 3. The summed E-state index contributed by atoms with van der Waals surface area (Å²) in [6.07, 6.45) is 0. The minimum atomic E-state index is -3.02. The van der Waals surface area contributed by atoms with Gasteiger partial charge in [0.2, 0.25) is 0 Å². The molecule has 0 unspecified atom stereocenters. The second-order valence-electron chi connectivity index (χ2n) is 2.94. The monoisotopic (exact) mass is 251 g/mol. The predicted octanol–water partition coefficient (Wildman–Crippen LogP) is 2.36. The summed E-state index contributed by atoms with van der Waals surface area (Å²) in [5.74, 6) is -1.13. The predicted molar refractivity (Wildman–Crippen MR) is 50.1 cm³/mol. The van der Waals surface area contributed by atoms with Gasteiger partial charge in [-0.2, -0.15) is 13.2 Å². The second-order valence-corrected chi connectivity index (χ2v) is 3.30. The van der Waals surface area contributed by atoms with Crippen molar-refractivity contribution in [3.63, 3.8) is 0 Å². The van der Waals surface area contributed by atoms with Gasteiger partial charge in [-0.3, -0.25) is 4.68 Å². The molecule has 0 radical (unpaired) electrons. The van der Waals surface area contributed by atoms with Crippen molar-refractivity contribution in [2.45, 2.75) is 6.61 Å². The Morgan fingerprint density at radius 2 is 2.19 bits per heavy atom. The molecule has 0 aromatic carbocycles. The Labute approximate surface area is 92.6 Å². The molecule has 0 aliphatic carbocycles. The topological polar surface area (TPSA) is 39.9 Å². The molecule has 0 N–H and O–H groups in total. The molecule has 2 aromatic heterocycles. The van der Waals surface area contributed by atoms with Crippen LogP contribution in [0, 0.1) is 5.95 Å². The van der Waals surface area contributed by atoms with Gasteiger partial charge < -0.3 is 4.74 Å². The maximum Gasteiger partial charge on any atom is 0.387 e. The number of fused-ring (bicyclic) bond motifs is 1. The molecule has 86 valence electrons. The molecule has 4 nitrogen and oxygen atoms in total. The van der Waals surface area contributed by atoms with Gasteiger partial charge in [0, 0.05) is 13.1 Å². The molecule has 0 aliphatic heterocycles. The van der Waals surface area contributed by atoms with Gasteiger partial charge in [0.05, 0.1) is 5.52 Å². The number of pyridine rings is 1. The maximum absolute atomic E-state index is 13.1. The largest absolute Gasteiger partial charge is 0.431 e. The minimum absolute atomic E-state index is 0.0888. The fraction of sp³-hybridized carbons (Fsp3) is 0.250. The summed E-state index contributed by atoms with van der Waals surface area (Å²) in [5.41, 5.74) is 0.131. The lowest BCUT2D eigenvalue weighted by atomic mass is 10.3. The fourth-order valence-electron chi connectivity index (χ4n) is 1.27. The van der Waals surface area contributed by atoms with Gasteiger partial charge >= 0.3 is 6.61 Å². The first kappa shape index (κ1) is 11.0. The Bertz CT molecular complexity index is 543. The number of ether oxygens (including phenoxy) is 1. The molecule has 2 aromatic rings. The van der Waals surface area contributed by atoms with Crippen LogP contribution in [0.2, 0.25) is 5.15 Å². The first-order valence-corrected chi connectivity index (χ1v) is 4.50. The molecule has 0 bridgehead atoms. The molecule has 0 amide bonds. The highest BCUT2D eigenvalue weighted by atomic mass is 35.5. The average molecular weight is 252 g/mol. The molecular formula is C8H5ClF3N3O. The molecule has 0 aliphatic rings. The van der Waals surface area contributed by atoms with Crippen LogP contribution in [-0.4, -0.2) is 21.4 Å². The number of hydrogen-bond acceptors (Lipinski definition) is 3. The summed E-state index contributed by atoms with van der Waals surface area (Å²) in [6.45, 7) is -3.02. The van der Waals surface area contributed by atoms with Crippen LogP contribution in [0.1, 0.15) is 0 Å². The Morgan fingerprint density at radius 3 is 2.81 bits per heavy atom. The molecule has 0 saturated heterocycles. The van der Waals surface area contributed by atoms with Gasteiger partial charge in [0.25, 0.3) is 5.95 Å². The van der Waals surface area contributed by atoms with Gasteiger partial charge in [0.1, 0.15) is 5.52 Å². The van der Waals surface area contributed by atoms with E-state index in [1.165, 1.54) is 7.05 Å². The summed E-state index contributed by atoms with van der Waals surface area (Å²) in [5, 5.41) is 3.10. The van der Waals surface area contributed by atoms with Crippen molar-refractivity contribution in [2.75, 3.05) is 0 Å². The highest BCUT2D eigenvalue weighted by Crippen LogP contribution is 2.28.